The molecule has 1 aliphatic carbocycles. The van der Waals surface area contributed by atoms with Crippen LogP contribution in [0.4, 0.5) is 0 Å². The third-order valence-corrected chi connectivity index (χ3v) is 2.20. The average Bonchev–Trinajstić information content (AvgIpc) is 2.19. The molecule has 0 aromatic carbocycles. The Morgan fingerprint density at radius 1 is 1.29 bits per heavy atom. The van der Waals surface area contributed by atoms with Gasteiger partial charge in [-0.25, -0.2) is 0 Å². The van der Waals surface area contributed by atoms with Crippen molar-refractivity contribution in [2.24, 2.45) is 5.92 Å². The van der Waals surface area contributed by atoms with Crippen molar-refractivity contribution in [1.82, 2.24) is 0 Å². The molecular weight excluding hydrogens is 246 g/mol. The largest absolute Gasteiger partial charge is 0.393 e. The van der Waals surface area contributed by atoms with Crippen LogP contribution >= 0.6 is 35.3 Å². The van der Waals surface area contributed by atoms with Crippen molar-refractivity contribution >= 4 is 35.3 Å². The number of rotatable bonds is 3. The maximum absolute atomic E-state index is 5.92. The molecule has 0 radical (unpaired) electrons. The molecule has 14 heavy (non-hydrogen) atoms. The predicted octanol–water partition coefficient (Wildman–Crippen LogP) is 4.03. The van der Waals surface area contributed by atoms with Crippen molar-refractivity contribution < 1.29 is 8.58 Å². The van der Waals surface area contributed by atoms with E-state index in [2.05, 4.69) is 8.58 Å². The first-order valence-electron chi connectivity index (χ1n) is 3.75. The van der Waals surface area contributed by atoms with Crippen molar-refractivity contribution in [3.05, 3.63) is 47.4 Å². The lowest BCUT2D eigenvalue weighted by molar-refractivity contribution is 0.520. The molecule has 1 atom stereocenters. The Labute approximate surface area is 97.4 Å². The van der Waals surface area contributed by atoms with Gasteiger partial charge in [0.1, 0.15) is 36.3 Å². The van der Waals surface area contributed by atoms with Gasteiger partial charge in [-0.05, 0) is 0 Å². The minimum Gasteiger partial charge on any atom is -0.393 e. The van der Waals surface area contributed by atoms with Gasteiger partial charge in [0.15, 0.2) is 0 Å². The summed E-state index contributed by atoms with van der Waals surface area (Å²) in [6, 6.07) is 0. The molecule has 0 heterocycles. The van der Waals surface area contributed by atoms with Crippen LogP contribution in [0.15, 0.2) is 47.4 Å². The zero-order valence-electron chi connectivity index (χ0n) is 6.99. The molecule has 1 rings (SSSR count). The highest BCUT2D eigenvalue weighted by Crippen LogP contribution is 2.29. The Hall–Kier alpha value is -0.570. The first-order valence-corrected chi connectivity index (χ1v) is 4.74. The quantitative estimate of drug-likeness (QED) is 0.707. The normalized spacial score (nSPS) is 24.1. The van der Waals surface area contributed by atoms with Gasteiger partial charge < -0.3 is 8.58 Å². The second-order valence-corrected chi connectivity index (χ2v) is 3.31. The first kappa shape index (κ1) is 11.5. The molecule has 0 spiro atoms. The smallest absolute Gasteiger partial charge is 0.134 e. The summed E-state index contributed by atoms with van der Waals surface area (Å²) in [4.78, 5) is 0. The number of hydrogen-bond donors (Lipinski definition) is 0. The summed E-state index contributed by atoms with van der Waals surface area (Å²) in [6.07, 6.45) is 10.1. The van der Waals surface area contributed by atoms with Crippen LogP contribution < -0.4 is 0 Å². The van der Waals surface area contributed by atoms with Crippen LogP contribution in [0.25, 0.3) is 0 Å². The summed E-state index contributed by atoms with van der Waals surface area (Å²) in [5.41, 5.74) is 0.817. The highest BCUT2D eigenvalue weighted by Gasteiger charge is 2.16. The number of hydrogen-bond acceptors (Lipinski definition) is 2. The Kier molecular flexibility index (Phi) is 4.94. The van der Waals surface area contributed by atoms with Gasteiger partial charge in [-0.15, -0.1) is 0 Å². The SMILES string of the molecule is ClOC=C(Cl)C1C=CC=CC1=COCl. The summed E-state index contributed by atoms with van der Waals surface area (Å²) in [7, 11) is 0. The molecule has 0 aromatic heterocycles. The van der Waals surface area contributed by atoms with E-state index in [0.717, 1.165) is 5.57 Å². The van der Waals surface area contributed by atoms with Gasteiger partial charge in [-0.2, -0.15) is 0 Å². The van der Waals surface area contributed by atoms with E-state index in [1.807, 2.05) is 24.3 Å². The van der Waals surface area contributed by atoms with Crippen molar-refractivity contribution in [2.45, 2.75) is 0 Å². The fourth-order valence-corrected chi connectivity index (χ4v) is 1.58. The van der Waals surface area contributed by atoms with E-state index in [4.69, 9.17) is 35.3 Å². The van der Waals surface area contributed by atoms with Crippen LogP contribution in [0.5, 0.6) is 0 Å². The van der Waals surface area contributed by atoms with Gasteiger partial charge in [-0.1, -0.05) is 35.9 Å². The van der Waals surface area contributed by atoms with Crippen molar-refractivity contribution in [3.63, 3.8) is 0 Å². The van der Waals surface area contributed by atoms with E-state index in [1.54, 1.807) is 0 Å². The number of allylic oxidation sites excluding steroid dienone is 6. The van der Waals surface area contributed by atoms with Crippen molar-refractivity contribution in [2.75, 3.05) is 0 Å². The lowest BCUT2D eigenvalue weighted by atomic mass is 9.95. The van der Waals surface area contributed by atoms with Crippen LogP contribution in [0.3, 0.4) is 0 Å². The fraction of sp³-hybridized carbons (Fsp3) is 0.111. The van der Waals surface area contributed by atoms with Gasteiger partial charge in [0.25, 0.3) is 0 Å². The Morgan fingerprint density at radius 3 is 2.71 bits per heavy atom. The van der Waals surface area contributed by atoms with Gasteiger partial charge >= 0.3 is 0 Å². The molecule has 1 aliphatic rings. The van der Waals surface area contributed by atoms with Crippen LogP contribution in [0, 0.1) is 5.92 Å². The molecule has 0 amide bonds. The lowest BCUT2D eigenvalue weighted by Gasteiger charge is -2.14. The third-order valence-electron chi connectivity index (χ3n) is 1.70. The highest BCUT2D eigenvalue weighted by atomic mass is 35.5. The van der Waals surface area contributed by atoms with Gasteiger partial charge in [0, 0.05) is 11.5 Å². The minimum atomic E-state index is -0.140. The maximum atomic E-state index is 5.92. The number of halogens is 3. The van der Waals surface area contributed by atoms with Crippen molar-refractivity contribution in [1.29, 1.82) is 0 Å². The average molecular weight is 254 g/mol. The van der Waals surface area contributed by atoms with E-state index in [-0.39, 0.29) is 5.92 Å². The predicted molar refractivity (Wildman–Crippen MR) is 57.7 cm³/mol. The minimum absolute atomic E-state index is 0.140. The van der Waals surface area contributed by atoms with Gasteiger partial charge in [-0.3, -0.25) is 0 Å². The zero-order valence-corrected chi connectivity index (χ0v) is 9.26. The Balaban J connectivity index is 2.86. The van der Waals surface area contributed by atoms with E-state index in [9.17, 15) is 0 Å². The summed E-state index contributed by atoms with van der Waals surface area (Å²) >= 11 is 16.1. The second kappa shape index (κ2) is 6.02. The fourth-order valence-electron chi connectivity index (χ4n) is 1.09. The summed E-state index contributed by atoms with van der Waals surface area (Å²) in [6.45, 7) is 0. The van der Waals surface area contributed by atoms with E-state index >= 15 is 0 Å². The highest BCUT2D eigenvalue weighted by molar-refractivity contribution is 6.30. The molecular formula is C9H7Cl3O2. The summed E-state index contributed by atoms with van der Waals surface area (Å²) in [5.74, 6) is -0.140. The lowest BCUT2D eigenvalue weighted by Crippen LogP contribution is -2.02. The molecule has 0 bridgehead atoms. The standard InChI is InChI=1S/C9H7Cl3O2/c10-9(6-14-12)8-4-2-1-3-7(8)5-13-11/h1-6,8H. The molecule has 0 saturated carbocycles. The molecule has 0 N–H and O–H groups in total. The topological polar surface area (TPSA) is 18.5 Å². The van der Waals surface area contributed by atoms with Crippen molar-refractivity contribution in [3.8, 4) is 0 Å². The van der Waals surface area contributed by atoms with Gasteiger partial charge in [0.2, 0.25) is 0 Å². The molecule has 0 fully saturated rings. The van der Waals surface area contributed by atoms with E-state index in [1.165, 1.54) is 12.5 Å². The zero-order chi connectivity index (χ0) is 10.4. The van der Waals surface area contributed by atoms with Crippen LogP contribution in [0.2, 0.25) is 0 Å². The molecule has 1 unspecified atom stereocenters. The summed E-state index contributed by atoms with van der Waals surface area (Å²) < 4.78 is 8.71. The van der Waals surface area contributed by atoms with Crippen LogP contribution in [-0.2, 0) is 8.58 Å². The first-order chi connectivity index (χ1) is 6.79. The van der Waals surface area contributed by atoms with Gasteiger partial charge in [0.05, 0.1) is 5.03 Å². The molecule has 0 saturated heterocycles. The third kappa shape index (κ3) is 2.98. The molecule has 2 nitrogen and oxygen atoms in total. The van der Waals surface area contributed by atoms with Crippen LogP contribution in [0.1, 0.15) is 0 Å². The summed E-state index contributed by atoms with van der Waals surface area (Å²) in [5, 5.41) is 0.445. The second-order valence-electron chi connectivity index (χ2n) is 2.52. The molecule has 76 valence electrons. The Morgan fingerprint density at radius 2 is 2.07 bits per heavy atom. The monoisotopic (exact) mass is 252 g/mol. The Bertz CT molecular complexity index is 305. The molecule has 0 aromatic rings. The van der Waals surface area contributed by atoms with E-state index < -0.39 is 0 Å². The van der Waals surface area contributed by atoms with Crippen LogP contribution in [-0.4, -0.2) is 0 Å². The van der Waals surface area contributed by atoms with E-state index in [0.29, 0.717) is 5.03 Å². The maximum Gasteiger partial charge on any atom is 0.134 e. The molecule has 0 aliphatic heterocycles. The molecule has 5 heteroatoms.